The molecular formula is C19H23BrN4O2. The summed E-state index contributed by atoms with van der Waals surface area (Å²) in [5.41, 5.74) is 2.79. The molecule has 7 heteroatoms. The number of hydrogen-bond donors (Lipinski definition) is 1. The molecule has 0 aliphatic heterocycles. The van der Waals surface area contributed by atoms with Gasteiger partial charge in [-0.1, -0.05) is 29.8 Å². The number of hydrogen-bond acceptors (Lipinski definition) is 4. The first-order chi connectivity index (χ1) is 12.2. The predicted molar refractivity (Wildman–Crippen MR) is 105 cm³/mol. The van der Waals surface area contributed by atoms with Crippen molar-refractivity contribution in [1.82, 2.24) is 14.9 Å². The van der Waals surface area contributed by atoms with E-state index in [4.69, 9.17) is 0 Å². The normalized spacial score (nSPS) is 10.7. The molecule has 0 saturated heterocycles. The highest BCUT2D eigenvalue weighted by Gasteiger charge is 2.21. The van der Waals surface area contributed by atoms with E-state index in [1.807, 2.05) is 39.0 Å². The Kier molecular flexibility index (Phi) is 6.47. The molecule has 2 amide bonds. The Bertz CT molecular complexity index is 836. The van der Waals surface area contributed by atoms with Gasteiger partial charge in [0.1, 0.15) is 5.82 Å². The first kappa shape index (κ1) is 20.0. The van der Waals surface area contributed by atoms with Crippen LogP contribution in [-0.4, -0.2) is 40.3 Å². The standard InChI is InChI=1S/C19H23BrN4O2/c1-11(2)18-15(9-21-13(4)22-18)19(26)24(5)10-17(25)23-16-7-6-14(20)8-12(16)3/h6-9,11H,10H2,1-5H3,(H,23,25). The van der Waals surface area contributed by atoms with Crippen LogP contribution in [0.3, 0.4) is 0 Å². The van der Waals surface area contributed by atoms with Crippen molar-refractivity contribution in [3.63, 3.8) is 0 Å². The maximum atomic E-state index is 12.7. The number of rotatable bonds is 5. The van der Waals surface area contributed by atoms with Crippen LogP contribution in [0, 0.1) is 13.8 Å². The van der Waals surface area contributed by atoms with Crippen LogP contribution in [0.4, 0.5) is 5.69 Å². The minimum atomic E-state index is -0.267. The van der Waals surface area contributed by atoms with Crippen molar-refractivity contribution < 1.29 is 9.59 Å². The van der Waals surface area contributed by atoms with Gasteiger partial charge in [-0.05, 0) is 43.5 Å². The summed E-state index contributed by atoms with van der Waals surface area (Å²) in [4.78, 5) is 34.9. The van der Waals surface area contributed by atoms with E-state index >= 15 is 0 Å². The van der Waals surface area contributed by atoms with E-state index in [2.05, 4.69) is 31.2 Å². The van der Waals surface area contributed by atoms with Crippen molar-refractivity contribution >= 4 is 33.4 Å². The third kappa shape index (κ3) is 4.88. The second kappa shape index (κ2) is 8.40. The van der Waals surface area contributed by atoms with Gasteiger partial charge in [0.05, 0.1) is 17.8 Å². The number of carbonyl (C=O) groups excluding carboxylic acids is 2. The summed E-state index contributed by atoms with van der Waals surface area (Å²) in [6, 6.07) is 5.60. The lowest BCUT2D eigenvalue weighted by molar-refractivity contribution is -0.116. The molecule has 0 saturated carbocycles. The molecule has 0 fully saturated rings. The summed E-state index contributed by atoms with van der Waals surface area (Å²) < 4.78 is 0.945. The first-order valence-electron chi connectivity index (χ1n) is 8.34. The van der Waals surface area contributed by atoms with Crippen molar-refractivity contribution in [3.05, 3.63) is 51.5 Å². The molecule has 0 radical (unpaired) electrons. The second-order valence-electron chi connectivity index (χ2n) is 6.54. The number of likely N-dealkylation sites (N-methyl/N-ethyl adjacent to an activating group) is 1. The van der Waals surface area contributed by atoms with Gasteiger partial charge in [-0.25, -0.2) is 9.97 Å². The number of nitrogens with one attached hydrogen (secondary N) is 1. The number of halogens is 1. The summed E-state index contributed by atoms with van der Waals surface area (Å²) in [7, 11) is 1.60. The lowest BCUT2D eigenvalue weighted by Crippen LogP contribution is -2.35. The summed E-state index contributed by atoms with van der Waals surface area (Å²) in [6.07, 6.45) is 1.53. The minimum absolute atomic E-state index is 0.0558. The number of amides is 2. The van der Waals surface area contributed by atoms with Gasteiger partial charge < -0.3 is 10.2 Å². The molecule has 0 bridgehead atoms. The van der Waals surface area contributed by atoms with Crippen molar-refractivity contribution in [1.29, 1.82) is 0 Å². The Morgan fingerprint density at radius 3 is 2.58 bits per heavy atom. The second-order valence-corrected chi connectivity index (χ2v) is 7.46. The van der Waals surface area contributed by atoms with Crippen LogP contribution in [0.2, 0.25) is 0 Å². The van der Waals surface area contributed by atoms with Gasteiger partial charge in [-0.3, -0.25) is 9.59 Å². The Morgan fingerprint density at radius 2 is 1.96 bits per heavy atom. The van der Waals surface area contributed by atoms with Crippen LogP contribution >= 0.6 is 15.9 Å². The van der Waals surface area contributed by atoms with Crippen LogP contribution < -0.4 is 5.32 Å². The lowest BCUT2D eigenvalue weighted by atomic mass is 10.0. The summed E-state index contributed by atoms with van der Waals surface area (Å²) >= 11 is 3.39. The molecule has 1 aromatic heterocycles. The zero-order chi connectivity index (χ0) is 19.4. The van der Waals surface area contributed by atoms with Crippen molar-refractivity contribution in [2.45, 2.75) is 33.6 Å². The largest absolute Gasteiger partial charge is 0.332 e. The highest BCUT2D eigenvalue weighted by Crippen LogP contribution is 2.20. The van der Waals surface area contributed by atoms with Crippen molar-refractivity contribution in [2.75, 3.05) is 18.9 Å². The molecule has 0 atom stereocenters. The molecule has 0 spiro atoms. The number of carbonyl (C=O) groups is 2. The van der Waals surface area contributed by atoms with E-state index in [0.29, 0.717) is 17.1 Å². The zero-order valence-electron chi connectivity index (χ0n) is 15.6. The number of anilines is 1. The fourth-order valence-corrected chi connectivity index (χ4v) is 3.02. The average molecular weight is 419 g/mol. The minimum Gasteiger partial charge on any atom is -0.332 e. The molecule has 6 nitrogen and oxygen atoms in total. The monoisotopic (exact) mass is 418 g/mol. The maximum absolute atomic E-state index is 12.7. The van der Waals surface area contributed by atoms with E-state index in [-0.39, 0.29) is 24.3 Å². The van der Waals surface area contributed by atoms with E-state index in [9.17, 15) is 9.59 Å². The topological polar surface area (TPSA) is 75.2 Å². The van der Waals surface area contributed by atoms with Gasteiger partial charge in [0.15, 0.2) is 0 Å². The quantitative estimate of drug-likeness (QED) is 0.802. The molecule has 2 rings (SSSR count). The fourth-order valence-electron chi connectivity index (χ4n) is 2.54. The van der Waals surface area contributed by atoms with Gasteiger partial charge in [-0.2, -0.15) is 0 Å². The van der Waals surface area contributed by atoms with Crippen molar-refractivity contribution in [2.24, 2.45) is 0 Å². The molecule has 0 aliphatic rings. The Hall–Kier alpha value is -2.28. The number of aromatic nitrogens is 2. The Labute approximate surface area is 162 Å². The van der Waals surface area contributed by atoms with Crippen LogP contribution in [0.1, 0.15) is 47.2 Å². The molecule has 0 unspecified atom stereocenters. The lowest BCUT2D eigenvalue weighted by Gasteiger charge is -2.19. The van der Waals surface area contributed by atoms with Gasteiger partial charge in [-0.15, -0.1) is 0 Å². The van der Waals surface area contributed by atoms with Crippen LogP contribution in [-0.2, 0) is 4.79 Å². The molecule has 138 valence electrons. The van der Waals surface area contributed by atoms with Gasteiger partial charge in [0, 0.05) is 23.4 Å². The van der Waals surface area contributed by atoms with Crippen LogP contribution in [0.15, 0.2) is 28.9 Å². The average Bonchev–Trinajstić information content (AvgIpc) is 2.56. The summed E-state index contributed by atoms with van der Waals surface area (Å²) in [5, 5.41) is 2.84. The summed E-state index contributed by atoms with van der Waals surface area (Å²) in [5.74, 6) is 0.182. The number of aryl methyl sites for hydroxylation is 2. The Morgan fingerprint density at radius 1 is 1.27 bits per heavy atom. The maximum Gasteiger partial charge on any atom is 0.257 e. The molecular weight excluding hydrogens is 396 g/mol. The predicted octanol–water partition coefficient (Wildman–Crippen LogP) is 3.69. The molecule has 1 N–H and O–H groups in total. The van der Waals surface area contributed by atoms with E-state index in [1.54, 1.807) is 14.0 Å². The zero-order valence-corrected chi connectivity index (χ0v) is 17.2. The van der Waals surface area contributed by atoms with E-state index in [1.165, 1.54) is 11.1 Å². The molecule has 0 aliphatic carbocycles. The molecule has 26 heavy (non-hydrogen) atoms. The highest BCUT2D eigenvalue weighted by molar-refractivity contribution is 9.10. The number of nitrogens with zero attached hydrogens (tertiary/aromatic N) is 3. The fraction of sp³-hybridized carbons (Fsp3) is 0.368. The molecule has 2 aromatic rings. The molecule has 1 aromatic carbocycles. The van der Waals surface area contributed by atoms with Crippen LogP contribution in [0.25, 0.3) is 0 Å². The van der Waals surface area contributed by atoms with Gasteiger partial charge >= 0.3 is 0 Å². The van der Waals surface area contributed by atoms with Gasteiger partial charge in [0.2, 0.25) is 5.91 Å². The smallest absolute Gasteiger partial charge is 0.257 e. The Balaban J connectivity index is 2.10. The summed E-state index contributed by atoms with van der Waals surface area (Å²) in [6.45, 7) is 7.59. The third-order valence-corrected chi connectivity index (χ3v) is 4.40. The first-order valence-corrected chi connectivity index (χ1v) is 9.13. The van der Waals surface area contributed by atoms with E-state index < -0.39 is 0 Å². The number of benzene rings is 1. The molecule has 1 heterocycles. The highest BCUT2D eigenvalue weighted by atomic mass is 79.9. The van der Waals surface area contributed by atoms with Crippen molar-refractivity contribution in [3.8, 4) is 0 Å². The van der Waals surface area contributed by atoms with E-state index in [0.717, 1.165) is 15.7 Å². The SMILES string of the molecule is Cc1ncc(C(=O)N(C)CC(=O)Nc2ccc(Br)cc2C)c(C(C)C)n1. The van der Waals surface area contributed by atoms with Crippen LogP contribution in [0.5, 0.6) is 0 Å². The third-order valence-electron chi connectivity index (χ3n) is 3.91. The van der Waals surface area contributed by atoms with Gasteiger partial charge in [0.25, 0.3) is 5.91 Å².